The standard InChI is InChI=1S/C33H34F4N4O2/c1-2-39-32(15-16-32)21-43-28-14-12-24(20-38-28)30(26(19-33(35,36)37)22-8-4-3-5-9-22)23-11-13-27-25(18-23)31(34)40-41(27)29-10-6-7-17-42-29/h3-5,8-9,11-14,18,20,29,39H,2,6-7,10,15-17,19,21H2,1H3. The molecule has 6 rings (SSSR count). The SMILES string of the molecule is CCNC1(COc2ccc(C(=C(CC(F)(F)F)c3ccccc3)c3ccc4c(c3)c(F)nn4C3CCCCO3)cn2)CC1. The zero-order valence-corrected chi connectivity index (χ0v) is 24.0. The molecule has 1 aliphatic heterocycles. The molecular formula is C33H34F4N4O2. The van der Waals surface area contributed by atoms with Crippen LogP contribution in [0.4, 0.5) is 17.6 Å². The highest BCUT2D eigenvalue weighted by Crippen LogP contribution is 2.41. The molecule has 1 N–H and O–H groups in total. The van der Waals surface area contributed by atoms with Crippen molar-refractivity contribution in [2.24, 2.45) is 0 Å². The third-order valence-corrected chi connectivity index (χ3v) is 8.11. The molecule has 3 heterocycles. The zero-order chi connectivity index (χ0) is 30.0. The zero-order valence-electron chi connectivity index (χ0n) is 24.0. The van der Waals surface area contributed by atoms with Gasteiger partial charge in [0.2, 0.25) is 11.8 Å². The Morgan fingerprint density at radius 2 is 1.84 bits per heavy atom. The Hall–Kier alpha value is -3.76. The number of rotatable bonds is 10. The van der Waals surface area contributed by atoms with Crippen LogP contribution in [0.1, 0.15) is 68.4 Å². The Balaban J connectivity index is 1.44. The van der Waals surface area contributed by atoms with Crippen LogP contribution < -0.4 is 10.1 Å². The van der Waals surface area contributed by atoms with Crippen molar-refractivity contribution in [2.75, 3.05) is 19.8 Å². The topological polar surface area (TPSA) is 61.2 Å². The van der Waals surface area contributed by atoms with Crippen LogP contribution in [0, 0.1) is 5.95 Å². The third kappa shape index (κ3) is 6.60. The predicted molar refractivity (Wildman–Crippen MR) is 157 cm³/mol. The van der Waals surface area contributed by atoms with Gasteiger partial charge < -0.3 is 14.8 Å². The van der Waals surface area contributed by atoms with Crippen molar-refractivity contribution in [3.8, 4) is 5.88 Å². The summed E-state index contributed by atoms with van der Waals surface area (Å²) >= 11 is 0. The summed E-state index contributed by atoms with van der Waals surface area (Å²) < 4.78 is 70.9. The number of likely N-dealkylation sites (N-methyl/N-ethyl adjacent to an activating group) is 1. The van der Waals surface area contributed by atoms with E-state index in [9.17, 15) is 13.2 Å². The fourth-order valence-corrected chi connectivity index (χ4v) is 5.81. The van der Waals surface area contributed by atoms with Crippen LogP contribution >= 0.6 is 0 Å². The average molecular weight is 595 g/mol. The number of allylic oxidation sites excluding steroid dienone is 1. The highest BCUT2D eigenvalue weighted by Gasteiger charge is 2.42. The second kappa shape index (κ2) is 12.1. The fourth-order valence-electron chi connectivity index (χ4n) is 5.81. The Morgan fingerprint density at radius 1 is 1.05 bits per heavy atom. The van der Waals surface area contributed by atoms with Gasteiger partial charge in [-0.2, -0.15) is 17.6 Å². The van der Waals surface area contributed by atoms with E-state index in [0.29, 0.717) is 53.3 Å². The maximum atomic E-state index is 15.3. The van der Waals surface area contributed by atoms with E-state index in [2.05, 4.69) is 15.4 Å². The van der Waals surface area contributed by atoms with E-state index in [0.717, 1.165) is 32.2 Å². The first-order valence-electron chi connectivity index (χ1n) is 14.7. The number of ether oxygens (including phenoxy) is 2. The molecule has 1 saturated carbocycles. The molecule has 0 radical (unpaired) electrons. The number of aromatic nitrogens is 3. The quantitative estimate of drug-likeness (QED) is 0.151. The minimum Gasteiger partial charge on any atom is -0.476 e. The van der Waals surface area contributed by atoms with Crippen molar-refractivity contribution in [1.82, 2.24) is 20.1 Å². The second-order valence-corrected chi connectivity index (χ2v) is 11.3. The number of pyridine rings is 1. The Morgan fingerprint density at radius 3 is 2.49 bits per heavy atom. The summed E-state index contributed by atoms with van der Waals surface area (Å²) in [6.45, 7) is 3.91. The van der Waals surface area contributed by atoms with E-state index in [4.69, 9.17) is 9.47 Å². The van der Waals surface area contributed by atoms with Gasteiger partial charge in [0.25, 0.3) is 0 Å². The van der Waals surface area contributed by atoms with Gasteiger partial charge in [0.05, 0.1) is 22.9 Å². The monoisotopic (exact) mass is 594 g/mol. The van der Waals surface area contributed by atoms with Crippen molar-refractivity contribution in [1.29, 1.82) is 0 Å². The van der Waals surface area contributed by atoms with Gasteiger partial charge >= 0.3 is 6.18 Å². The number of nitrogens with zero attached hydrogens (tertiary/aromatic N) is 3. The number of halogens is 4. The molecule has 2 aromatic heterocycles. The number of benzene rings is 2. The van der Waals surface area contributed by atoms with Gasteiger partial charge in [-0.1, -0.05) is 43.3 Å². The molecule has 6 nitrogen and oxygen atoms in total. The summed E-state index contributed by atoms with van der Waals surface area (Å²) in [6, 6.07) is 16.8. The molecule has 2 aliphatic rings. The van der Waals surface area contributed by atoms with Crippen LogP contribution in [-0.2, 0) is 4.74 Å². The summed E-state index contributed by atoms with van der Waals surface area (Å²) in [6.07, 6.45) is 0.108. The molecule has 4 aromatic rings. The first-order chi connectivity index (χ1) is 20.8. The van der Waals surface area contributed by atoms with Crippen LogP contribution in [0.3, 0.4) is 0 Å². The predicted octanol–water partition coefficient (Wildman–Crippen LogP) is 7.70. The number of fused-ring (bicyclic) bond motifs is 1. The molecule has 0 amide bonds. The van der Waals surface area contributed by atoms with E-state index >= 15 is 4.39 Å². The molecule has 10 heteroatoms. The summed E-state index contributed by atoms with van der Waals surface area (Å²) in [5, 5.41) is 7.77. The van der Waals surface area contributed by atoms with E-state index < -0.39 is 18.5 Å². The number of hydrogen-bond acceptors (Lipinski definition) is 5. The lowest BCUT2D eigenvalue weighted by Crippen LogP contribution is -2.36. The van der Waals surface area contributed by atoms with Crippen LogP contribution in [0.2, 0.25) is 0 Å². The van der Waals surface area contributed by atoms with Gasteiger partial charge in [-0.25, -0.2) is 9.67 Å². The number of nitrogens with one attached hydrogen (secondary N) is 1. The van der Waals surface area contributed by atoms with Gasteiger partial charge in [-0.3, -0.25) is 0 Å². The summed E-state index contributed by atoms with van der Waals surface area (Å²) in [5.41, 5.74) is 2.18. The van der Waals surface area contributed by atoms with Crippen molar-refractivity contribution >= 4 is 22.0 Å². The van der Waals surface area contributed by atoms with Gasteiger partial charge in [0, 0.05) is 24.4 Å². The fraction of sp³-hybridized carbons (Fsp3) is 0.394. The molecular weight excluding hydrogens is 560 g/mol. The molecule has 1 unspecified atom stereocenters. The maximum Gasteiger partial charge on any atom is 0.393 e. The number of hydrogen-bond donors (Lipinski definition) is 1. The van der Waals surface area contributed by atoms with Gasteiger partial charge in [-0.05, 0) is 79.1 Å². The molecule has 0 spiro atoms. The molecule has 2 fully saturated rings. The Labute approximate surface area is 247 Å². The smallest absolute Gasteiger partial charge is 0.393 e. The largest absolute Gasteiger partial charge is 0.476 e. The minimum absolute atomic E-state index is 0.0417. The van der Waals surface area contributed by atoms with Crippen molar-refractivity contribution in [3.63, 3.8) is 0 Å². The highest BCUT2D eigenvalue weighted by atomic mass is 19.4. The van der Waals surface area contributed by atoms with Gasteiger partial charge in [0.15, 0.2) is 6.23 Å². The molecule has 43 heavy (non-hydrogen) atoms. The van der Waals surface area contributed by atoms with E-state index in [1.54, 1.807) is 65.3 Å². The normalized spacial score (nSPS) is 18.9. The Bertz CT molecular complexity index is 1590. The molecule has 0 bridgehead atoms. The summed E-state index contributed by atoms with van der Waals surface area (Å²) in [7, 11) is 0. The Kier molecular flexibility index (Phi) is 8.24. The third-order valence-electron chi connectivity index (χ3n) is 8.11. The highest BCUT2D eigenvalue weighted by molar-refractivity contribution is 6.00. The van der Waals surface area contributed by atoms with Crippen LogP contribution in [0.5, 0.6) is 5.88 Å². The van der Waals surface area contributed by atoms with E-state index in [1.165, 1.54) is 6.20 Å². The van der Waals surface area contributed by atoms with E-state index in [-0.39, 0.29) is 22.7 Å². The summed E-state index contributed by atoms with van der Waals surface area (Å²) in [4.78, 5) is 4.46. The van der Waals surface area contributed by atoms with Crippen molar-refractivity contribution in [2.45, 2.75) is 63.4 Å². The maximum absolute atomic E-state index is 15.3. The average Bonchev–Trinajstić information content (AvgIpc) is 3.71. The number of alkyl halides is 3. The van der Waals surface area contributed by atoms with Crippen LogP contribution in [0.15, 0.2) is 66.9 Å². The molecule has 1 aliphatic carbocycles. The van der Waals surface area contributed by atoms with Crippen molar-refractivity contribution < 1.29 is 27.0 Å². The molecule has 1 atom stereocenters. The second-order valence-electron chi connectivity index (χ2n) is 11.3. The lowest BCUT2D eigenvalue weighted by Gasteiger charge is -2.23. The first-order valence-corrected chi connectivity index (χ1v) is 14.7. The van der Waals surface area contributed by atoms with Gasteiger partial charge in [0.1, 0.15) is 6.61 Å². The minimum atomic E-state index is -4.49. The van der Waals surface area contributed by atoms with Crippen LogP contribution in [-0.4, -0.2) is 46.2 Å². The van der Waals surface area contributed by atoms with Crippen molar-refractivity contribution in [3.05, 3.63) is 89.5 Å². The van der Waals surface area contributed by atoms with E-state index in [1.807, 2.05) is 6.92 Å². The lowest BCUT2D eigenvalue weighted by atomic mass is 9.88. The molecule has 226 valence electrons. The first kappa shape index (κ1) is 29.3. The molecule has 1 saturated heterocycles. The van der Waals surface area contributed by atoms with Crippen LogP contribution in [0.25, 0.3) is 22.0 Å². The lowest BCUT2D eigenvalue weighted by molar-refractivity contribution is -0.122. The molecule has 2 aromatic carbocycles. The van der Waals surface area contributed by atoms with Gasteiger partial charge in [-0.15, -0.1) is 5.10 Å². The summed E-state index contributed by atoms with van der Waals surface area (Å²) in [5.74, 6) is -0.307.